The number of nitrogens with two attached hydrogens (primary N) is 1. The molecule has 0 radical (unpaired) electrons. The zero-order chi connectivity index (χ0) is 19.7. The average molecular weight is 392 g/mol. The van der Waals surface area contributed by atoms with Crippen LogP contribution in [0.15, 0.2) is 53.6 Å². The minimum absolute atomic E-state index is 0.117. The summed E-state index contributed by atoms with van der Waals surface area (Å²) >= 11 is 1.50. The summed E-state index contributed by atoms with van der Waals surface area (Å²) in [6.45, 7) is 3.06. The van der Waals surface area contributed by atoms with Gasteiger partial charge in [0, 0.05) is 24.1 Å². The van der Waals surface area contributed by atoms with Crippen molar-refractivity contribution in [2.24, 2.45) is 5.73 Å². The van der Waals surface area contributed by atoms with Crippen molar-refractivity contribution in [2.75, 3.05) is 0 Å². The van der Waals surface area contributed by atoms with Gasteiger partial charge in [0.1, 0.15) is 10.5 Å². The molecular weight excluding hydrogens is 372 g/mol. The van der Waals surface area contributed by atoms with Gasteiger partial charge in [0.2, 0.25) is 0 Å². The van der Waals surface area contributed by atoms with E-state index in [0.717, 1.165) is 26.3 Å². The van der Waals surface area contributed by atoms with Crippen molar-refractivity contribution in [2.45, 2.75) is 26.4 Å². The molecular formula is C20H20N6OS. The fraction of sp³-hybridized carbons (Fsp3) is 0.200. The normalized spacial score (nSPS) is 11.8. The highest BCUT2D eigenvalue weighted by atomic mass is 32.1. The number of rotatable bonds is 6. The molecule has 7 nitrogen and oxygen atoms in total. The van der Waals surface area contributed by atoms with Crippen molar-refractivity contribution in [3.8, 4) is 0 Å². The highest BCUT2D eigenvalue weighted by molar-refractivity contribution is 7.19. The lowest BCUT2D eigenvalue weighted by Crippen LogP contribution is -2.24. The minimum Gasteiger partial charge on any atom is -0.405 e. The second-order valence-corrected chi connectivity index (χ2v) is 7.50. The van der Waals surface area contributed by atoms with E-state index in [4.69, 9.17) is 11.1 Å². The number of nitrogens with one attached hydrogen (secondary N) is 1. The standard InChI is InChI=1S/C20H20N6OS/c1-2-25-17-15(18-19(25)24-16(28-18)10-14(22)8-9-21)11-23-26(20(17)27)12-13-6-4-3-5-7-13/h3-9,11,22H,2,10,12,21H2,1H3/b9-8-,22-14?. The van der Waals surface area contributed by atoms with Crippen LogP contribution in [0.2, 0.25) is 0 Å². The maximum atomic E-state index is 13.1. The zero-order valence-corrected chi connectivity index (χ0v) is 16.2. The highest BCUT2D eigenvalue weighted by Crippen LogP contribution is 2.31. The Morgan fingerprint density at radius 2 is 2.11 bits per heavy atom. The summed E-state index contributed by atoms with van der Waals surface area (Å²) in [6, 6.07) is 9.81. The van der Waals surface area contributed by atoms with Crippen molar-refractivity contribution < 1.29 is 0 Å². The van der Waals surface area contributed by atoms with E-state index in [0.29, 0.717) is 30.7 Å². The van der Waals surface area contributed by atoms with E-state index >= 15 is 0 Å². The fourth-order valence-corrected chi connectivity index (χ4v) is 4.42. The first-order chi connectivity index (χ1) is 13.6. The van der Waals surface area contributed by atoms with Crippen LogP contribution in [-0.2, 0) is 19.5 Å². The molecule has 0 aliphatic carbocycles. The van der Waals surface area contributed by atoms with Gasteiger partial charge in [-0.25, -0.2) is 9.67 Å². The third-order valence-electron chi connectivity index (χ3n) is 4.57. The fourth-order valence-electron chi connectivity index (χ4n) is 3.32. The lowest BCUT2D eigenvalue weighted by molar-refractivity contribution is 0.641. The quantitative estimate of drug-likeness (QED) is 0.493. The summed E-state index contributed by atoms with van der Waals surface area (Å²) in [4.78, 5) is 17.8. The first-order valence-electron chi connectivity index (χ1n) is 8.99. The van der Waals surface area contributed by atoms with Crippen LogP contribution in [-0.4, -0.2) is 25.0 Å². The molecule has 0 bridgehead atoms. The number of hydrogen-bond acceptors (Lipinski definition) is 6. The Labute approximate surface area is 165 Å². The van der Waals surface area contributed by atoms with Crippen molar-refractivity contribution in [3.63, 3.8) is 0 Å². The summed E-state index contributed by atoms with van der Waals surface area (Å²) in [5, 5.41) is 13.9. The Hall–Kier alpha value is -3.26. The molecule has 3 aromatic heterocycles. The Morgan fingerprint density at radius 3 is 2.82 bits per heavy atom. The molecule has 4 rings (SSSR count). The smallest absolute Gasteiger partial charge is 0.291 e. The molecule has 0 saturated heterocycles. The molecule has 142 valence electrons. The van der Waals surface area contributed by atoms with Gasteiger partial charge in [-0.1, -0.05) is 30.3 Å². The van der Waals surface area contributed by atoms with Crippen LogP contribution in [0.4, 0.5) is 0 Å². The topological polar surface area (TPSA) is 103 Å². The summed E-state index contributed by atoms with van der Waals surface area (Å²) in [5.41, 5.74) is 8.07. The van der Waals surface area contributed by atoms with Gasteiger partial charge >= 0.3 is 0 Å². The predicted molar refractivity (Wildman–Crippen MR) is 113 cm³/mol. The number of hydrogen-bond donors (Lipinski definition) is 2. The number of aromatic nitrogens is 4. The molecule has 3 N–H and O–H groups in total. The second kappa shape index (κ2) is 7.40. The molecule has 0 unspecified atom stereocenters. The van der Waals surface area contributed by atoms with E-state index < -0.39 is 0 Å². The van der Waals surface area contributed by atoms with Crippen LogP contribution in [0.1, 0.15) is 17.5 Å². The van der Waals surface area contributed by atoms with Gasteiger partial charge in [0.25, 0.3) is 5.56 Å². The monoisotopic (exact) mass is 392 g/mol. The van der Waals surface area contributed by atoms with E-state index in [1.54, 1.807) is 12.3 Å². The van der Waals surface area contributed by atoms with Gasteiger partial charge in [0.15, 0.2) is 5.65 Å². The maximum Gasteiger partial charge on any atom is 0.291 e. The molecule has 0 aliphatic rings. The molecule has 0 spiro atoms. The lowest BCUT2D eigenvalue weighted by Gasteiger charge is -2.06. The third-order valence-corrected chi connectivity index (χ3v) is 5.65. The number of allylic oxidation sites excluding steroid dienone is 1. The van der Waals surface area contributed by atoms with Crippen molar-refractivity contribution >= 4 is 38.3 Å². The highest BCUT2D eigenvalue weighted by Gasteiger charge is 2.19. The molecule has 0 amide bonds. The van der Waals surface area contributed by atoms with Crippen LogP contribution in [0.5, 0.6) is 0 Å². The molecule has 1 aromatic carbocycles. The summed E-state index contributed by atoms with van der Waals surface area (Å²) in [5.74, 6) is 0. The Balaban J connectivity index is 1.82. The molecule has 8 heteroatoms. The van der Waals surface area contributed by atoms with Crippen molar-refractivity contribution in [1.29, 1.82) is 5.41 Å². The summed E-state index contributed by atoms with van der Waals surface area (Å²) in [6.07, 6.45) is 5.08. The third kappa shape index (κ3) is 3.11. The van der Waals surface area contributed by atoms with Crippen molar-refractivity contribution in [3.05, 3.63) is 69.7 Å². The molecule has 4 aromatic rings. The summed E-state index contributed by atoms with van der Waals surface area (Å²) in [7, 11) is 0. The molecule has 3 heterocycles. The average Bonchev–Trinajstić information content (AvgIpc) is 3.21. The van der Waals surface area contributed by atoms with Gasteiger partial charge in [-0.05, 0) is 24.8 Å². The van der Waals surface area contributed by atoms with Crippen molar-refractivity contribution in [1.82, 2.24) is 19.3 Å². The van der Waals surface area contributed by atoms with E-state index in [1.165, 1.54) is 22.2 Å². The molecule has 0 aliphatic heterocycles. The molecule has 28 heavy (non-hydrogen) atoms. The zero-order valence-electron chi connectivity index (χ0n) is 15.4. The molecule has 0 saturated carbocycles. The lowest BCUT2D eigenvalue weighted by atomic mass is 10.2. The van der Waals surface area contributed by atoms with E-state index in [1.807, 2.05) is 41.8 Å². The molecule has 0 fully saturated rings. The number of thiazole rings is 1. The number of fused-ring (bicyclic) bond motifs is 3. The van der Waals surface area contributed by atoms with Gasteiger partial charge in [-0.3, -0.25) is 4.79 Å². The van der Waals surface area contributed by atoms with E-state index in [-0.39, 0.29) is 5.56 Å². The van der Waals surface area contributed by atoms with E-state index in [9.17, 15) is 4.79 Å². The first kappa shape index (κ1) is 18.1. The molecule has 0 atom stereocenters. The Morgan fingerprint density at radius 1 is 1.32 bits per heavy atom. The van der Waals surface area contributed by atoms with Gasteiger partial charge in [-0.2, -0.15) is 5.10 Å². The van der Waals surface area contributed by atoms with E-state index in [2.05, 4.69) is 10.1 Å². The largest absolute Gasteiger partial charge is 0.405 e. The van der Waals surface area contributed by atoms with Gasteiger partial charge < -0.3 is 15.7 Å². The predicted octanol–water partition coefficient (Wildman–Crippen LogP) is 2.91. The first-order valence-corrected chi connectivity index (χ1v) is 9.81. The Bertz CT molecular complexity index is 1250. The number of nitrogens with zero attached hydrogens (tertiary/aromatic N) is 4. The summed E-state index contributed by atoms with van der Waals surface area (Å²) < 4.78 is 4.38. The van der Waals surface area contributed by atoms with Crippen LogP contribution in [0.25, 0.3) is 21.3 Å². The Kier molecular flexibility index (Phi) is 4.79. The van der Waals surface area contributed by atoms with Crippen LogP contribution < -0.4 is 11.3 Å². The van der Waals surface area contributed by atoms with Crippen LogP contribution in [0.3, 0.4) is 0 Å². The minimum atomic E-state index is -0.117. The maximum absolute atomic E-state index is 13.1. The van der Waals surface area contributed by atoms with Gasteiger partial charge in [0.05, 0.1) is 17.4 Å². The number of aryl methyl sites for hydroxylation is 1. The second-order valence-electron chi connectivity index (χ2n) is 6.42. The van der Waals surface area contributed by atoms with Crippen LogP contribution in [0, 0.1) is 5.41 Å². The van der Waals surface area contributed by atoms with Gasteiger partial charge in [-0.15, -0.1) is 11.3 Å². The SMILES string of the molecule is CCn1c2nc(CC(=N)/C=C\N)sc2c2cnn(Cc3ccccc3)c(=O)c21. The number of benzene rings is 1. The van der Waals surface area contributed by atoms with Crippen LogP contribution >= 0.6 is 11.3 Å².